The number of hydrogen-bond acceptors (Lipinski definition) is 2. The number of benzene rings is 1. The molecule has 1 aromatic carbocycles. The lowest BCUT2D eigenvalue weighted by molar-refractivity contribution is 0.590. The van der Waals surface area contributed by atoms with Gasteiger partial charge in [-0.3, -0.25) is 0 Å². The van der Waals surface area contributed by atoms with Crippen molar-refractivity contribution in [1.82, 2.24) is 0 Å². The van der Waals surface area contributed by atoms with E-state index in [1.807, 2.05) is 24.3 Å². The third-order valence-corrected chi connectivity index (χ3v) is 5.61. The van der Waals surface area contributed by atoms with Crippen LogP contribution in [0.4, 0.5) is 0 Å². The number of halogens is 2. The second-order valence-corrected chi connectivity index (χ2v) is 7.43. The maximum absolute atomic E-state index is 11.5. The Morgan fingerprint density at radius 1 is 1.35 bits per heavy atom. The highest BCUT2D eigenvalue weighted by molar-refractivity contribution is 9.09. The largest absolute Gasteiger partial charge is 0.229 e. The smallest absolute Gasteiger partial charge is 0.150 e. The standard InChI is InChI=1S/C12H16BrClO2S/c1-2-17(15,16)8-7-10(9-13)11-5-3-4-6-12(11)14/h3-6,10H,2,7-9H2,1H3. The van der Waals surface area contributed by atoms with Gasteiger partial charge in [0.05, 0.1) is 5.75 Å². The molecule has 0 fully saturated rings. The van der Waals surface area contributed by atoms with Crippen molar-refractivity contribution in [3.63, 3.8) is 0 Å². The normalized spacial score (nSPS) is 13.6. The molecule has 0 bridgehead atoms. The molecular formula is C12H16BrClO2S. The van der Waals surface area contributed by atoms with Crippen molar-refractivity contribution in [2.45, 2.75) is 19.3 Å². The Labute approximate surface area is 116 Å². The molecule has 2 nitrogen and oxygen atoms in total. The van der Waals surface area contributed by atoms with E-state index < -0.39 is 9.84 Å². The molecule has 96 valence electrons. The number of hydrogen-bond donors (Lipinski definition) is 0. The highest BCUT2D eigenvalue weighted by Gasteiger charge is 2.17. The summed E-state index contributed by atoms with van der Waals surface area (Å²) in [5.74, 6) is 0.556. The molecule has 17 heavy (non-hydrogen) atoms. The number of rotatable bonds is 6. The molecule has 0 heterocycles. The van der Waals surface area contributed by atoms with Crippen LogP contribution in [0, 0.1) is 0 Å². The molecule has 0 aliphatic heterocycles. The Hall–Kier alpha value is -0.0600. The zero-order valence-electron chi connectivity index (χ0n) is 9.70. The monoisotopic (exact) mass is 338 g/mol. The topological polar surface area (TPSA) is 34.1 Å². The first kappa shape index (κ1) is 15.0. The van der Waals surface area contributed by atoms with Gasteiger partial charge in [0.15, 0.2) is 0 Å². The Balaban J connectivity index is 2.77. The fourth-order valence-corrected chi connectivity index (χ4v) is 3.48. The van der Waals surface area contributed by atoms with Gasteiger partial charge in [-0.15, -0.1) is 0 Å². The Morgan fingerprint density at radius 3 is 2.53 bits per heavy atom. The Kier molecular flexibility index (Phi) is 5.97. The molecule has 5 heteroatoms. The third kappa shape index (κ3) is 4.60. The van der Waals surface area contributed by atoms with E-state index in [0.29, 0.717) is 11.4 Å². The van der Waals surface area contributed by atoms with Crippen LogP contribution < -0.4 is 0 Å². The molecular weight excluding hydrogens is 324 g/mol. The molecule has 0 aliphatic carbocycles. The minimum atomic E-state index is -2.91. The molecule has 0 saturated carbocycles. The van der Waals surface area contributed by atoms with Gasteiger partial charge in [-0.05, 0) is 24.0 Å². The van der Waals surface area contributed by atoms with E-state index in [9.17, 15) is 8.42 Å². The summed E-state index contributed by atoms with van der Waals surface area (Å²) in [6.45, 7) is 1.67. The summed E-state index contributed by atoms with van der Waals surface area (Å²) >= 11 is 9.53. The summed E-state index contributed by atoms with van der Waals surface area (Å²) in [6.07, 6.45) is 0.602. The van der Waals surface area contributed by atoms with E-state index in [4.69, 9.17) is 11.6 Å². The molecule has 1 unspecified atom stereocenters. The lowest BCUT2D eigenvalue weighted by atomic mass is 9.99. The second kappa shape index (κ2) is 6.76. The zero-order chi connectivity index (χ0) is 12.9. The molecule has 1 rings (SSSR count). The molecule has 0 amide bonds. The van der Waals surface area contributed by atoms with Crippen molar-refractivity contribution in [2.24, 2.45) is 0 Å². The van der Waals surface area contributed by atoms with Gasteiger partial charge in [0, 0.05) is 16.1 Å². The third-order valence-electron chi connectivity index (χ3n) is 2.75. The maximum atomic E-state index is 11.5. The van der Waals surface area contributed by atoms with Gasteiger partial charge in [-0.1, -0.05) is 52.7 Å². The van der Waals surface area contributed by atoms with Crippen LogP contribution in [0.1, 0.15) is 24.8 Å². The summed E-state index contributed by atoms with van der Waals surface area (Å²) in [7, 11) is -2.91. The van der Waals surface area contributed by atoms with E-state index in [0.717, 1.165) is 10.9 Å². The van der Waals surface area contributed by atoms with Crippen molar-refractivity contribution < 1.29 is 8.42 Å². The fourth-order valence-electron chi connectivity index (χ4n) is 1.59. The summed E-state index contributed by atoms with van der Waals surface area (Å²) < 4.78 is 23.0. The quantitative estimate of drug-likeness (QED) is 0.741. The maximum Gasteiger partial charge on any atom is 0.150 e. The van der Waals surface area contributed by atoms with E-state index >= 15 is 0 Å². The molecule has 0 N–H and O–H groups in total. The molecule has 0 saturated heterocycles. The Morgan fingerprint density at radius 2 is 2.00 bits per heavy atom. The van der Waals surface area contributed by atoms with Crippen LogP contribution in [0.5, 0.6) is 0 Å². The van der Waals surface area contributed by atoms with E-state index in [2.05, 4.69) is 15.9 Å². The summed E-state index contributed by atoms with van der Waals surface area (Å²) in [5.41, 5.74) is 1.01. The molecule has 0 spiro atoms. The lowest BCUT2D eigenvalue weighted by Crippen LogP contribution is -2.13. The molecule has 1 atom stereocenters. The van der Waals surface area contributed by atoms with Gasteiger partial charge in [0.25, 0.3) is 0 Å². The summed E-state index contributed by atoms with van der Waals surface area (Å²) in [6, 6.07) is 7.58. The first-order valence-corrected chi connectivity index (χ1v) is 8.83. The first-order valence-electron chi connectivity index (χ1n) is 5.51. The predicted molar refractivity (Wildman–Crippen MR) is 76.9 cm³/mol. The van der Waals surface area contributed by atoms with Crippen LogP contribution in [0.3, 0.4) is 0 Å². The minimum absolute atomic E-state index is 0.144. The van der Waals surface area contributed by atoms with Gasteiger partial charge >= 0.3 is 0 Å². The fraction of sp³-hybridized carbons (Fsp3) is 0.500. The van der Waals surface area contributed by atoms with Gasteiger partial charge in [0.2, 0.25) is 0 Å². The van der Waals surface area contributed by atoms with Gasteiger partial charge in [0.1, 0.15) is 9.84 Å². The van der Waals surface area contributed by atoms with Gasteiger partial charge < -0.3 is 0 Å². The SMILES string of the molecule is CCS(=O)(=O)CCC(CBr)c1ccccc1Cl. The highest BCUT2D eigenvalue weighted by atomic mass is 79.9. The van der Waals surface area contributed by atoms with Crippen LogP contribution in [0.2, 0.25) is 5.02 Å². The average molecular weight is 340 g/mol. The minimum Gasteiger partial charge on any atom is -0.229 e. The number of sulfone groups is 1. The van der Waals surface area contributed by atoms with Crippen LogP contribution >= 0.6 is 27.5 Å². The van der Waals surface area contributed by atoms with E-state index in [1.54, 1.807) is 6.92 Å². The van der Waals surface area contributed by atoms with Crippen molar-refractivity contribution >= 4 is 37.4 Å². The summed E-state index contributed by atoms with van der Waals surface area (Å²) in [4.78, 5) is 0. The van der Waals surface area contributed by atoms with E-state index in [1.165, 1.54) is 0 Å². The molecule has 0 aliphatic rings. The van der Waals surface area contributed by atoms with Crippen LogP contribution in [-0.2, 0) is 9.84 Å². The Bertz CT molecular complexity index is 459. The zero-order valence-corrected chi connectivity index (χ0v) is 12.9. The summed E-state index contributed by atoms with van der Waals surface area (Å²) in [5, 5.41) is 1.42. The van der Waals surface area contributed by atoms with Crippen LogP contribution in [-0.4, -0.2) is 25.3 Å². The van der Waals surface area contributed by atoms with E-state index in [-0.39, 0.29) is 17.4 Å². The second-order valence-electron chi connectivity index (χ2n) is 3.90. The number of alkyl halides is 1. The van der Waals surface area contributed by atoms with Gasteiger partial charge in [-0.2, -0.15) is 0 Å². The molecule has 0 radical (unpaired) electrons. The molecule has 1 aromatic rings. The molecule has 0 aromatic heterocycles. The van der Waals surface area contributed by atoms with Crippen molar-refractivity contribution in [3.8, 4) is 0 Å². The average Bonchev–Trinajstić information content (AvgIpc) is 2.32. The van der Waals surface area contributed by atoms with Crippen molar-refractivity contribution in [2.75, 3.05) is 16.8 Å². The first-order chi connectivity index (χ1) is 8.00. The van der Waals surface area contributed by atoms with Gasteiger partial charge in [-0.25, -0.2) is 8.42 Å². The predicted octanol–water partition coefficient (Wildman–Crippen LogP) is 3.64. The van der Waals surface area contributed by atoms with Crippen LogP contribution in [0.25, 0.3) is 0 Å². The highest BCUT2D eigenvalue weighted by Crippen LogP contribution is 2.28. The van der Waals surface area contributed by atoms with Crippen molar-refractivity contribution in [1.29, 1.82) is 0 Å². The van der Waals surface area contributed by atoms with Crippen LogP contribution in [0.15, 0.2) is 24.3 Å². The van der Waals surface area contributed by atoms with Crippen molar-refractivity contribution in [3.05, 3.63) is 34.9 Å². The lowest BCUT2D eigenvalue weighted by Gasteiger charge is -2.15.